The molecule has 0 aromatic rings. The highest BCUT2D eigenvalue weighted by Gasteiger charge is 1.93. The minimum absolute atomic E-state index is 0.250. The van der Waals surface area contributed by atoms with Crippen molar-refractivity contribution in [3.63, 3.8) is 0 Å². The molecule has 0 aliphatic carbocycles. The molecule has 0 fully saturated rings. The summed E-state index contributed by atoms with van der Waals surface area (Å²) in [4.78, 5) is 26.4. The monoisotopic (exact) mass is 258 g/mol. The number of rotatable bonds is 2. The van der Waals surface area contributed by atoms with Crippen LogP contribution >= 0.6 is 0 Å². The van der Waals surface area contributed by atoms with Gasteiger partial charge in [0.2, 0.25) is 0 Å². The highest BCUT2D eigenvalue weighted by atomic mass is 16.4. The predicted molar refractivity (Wildman–Crippen MR) is 55.5 cm³/mol. The maximum atomic E-state index is 9.00. The molecule has 0 saturated heterocycles. The van der Waals surface area contributed by atoms with Crippen LogP contribution in [0.1, 0.15) is 13.8 Å². The summed E-state index contributed by atoms with van der Waals surface area (Å²) in [5, 5.41) is 45.7. The fourth-order valence-electron chi connectivity index (χ4n) is 0.0577. The summed E-state index contributed by atoms with van der Waals surface area (Å²) in [5.41, 5.74) is 0. The summed E-state index contributed by atoms with van der Waals surface area (Å²) in [6.45, 7) is 1.19. The number of carboxylic acids is 2. The van der Waals surface area contributed by atoms with E-state index in [2.05, 4.69) is 0 Å². The maximum Gasteiger partial charge on any atom is 0.300 e. The molecule has 0 aliphatic rings. The van der Waals surface area contributed by atoms with Gasteiger partial charge in [0.05, 0.1) is 13.2 Å². The van der Waals surface area contributed by atoms with Gasteiger partial charge in [0, 0.05) is 13.8 Å². The third kappa shape index (κ3) is 412. The van der Waals surface area contributed by atoms with Gasteiger partial charge in [-0.3, -0.25) is 14.4 Å². The molecule has 0 aromatic heterocycles. The SMILES string of the molecule is CC(=O)O.CC(=O)O.O=CO.OCC(O)CO. The number of carbonyl (C=O) groups is 3. The number of hydrogen-bond acceptors (Lipinski definition) is 6. The van der Waals surface area contributed by atoms with Crippen molar-refractivity contribution in [1.82, 2.24) is 0 Å². The Labute approximate surface area is 97.6 Å². The van der Waals surface area contributed by atoms with Gasteiger partial charge in [-0.2, -0.15) is 0 Å². The van der Waals surface area contributed by atoms with Gasteiger partial charge in [-0.1, -0.05) is 0 Å². The van der Waals surface area contributed by atoms with Gasteiger partial charge in [-0.25, -0.2) is 0 Å². The van der Waals surface area contributed by atoms with Crippen molar-refractivity contribution in [2.24, 2.45) is 0 Å². The summed E-state index contributed by atoms with van der Waals surface area (Å²) in [6, 6.07) is 0. The van der Waals surface area contributed by atoms with E-state index in [1.165, 1.54) is 0 Å². The molecule has 0 atom stereocenters. The first-order valence-corrected chi connectivity index (χ1v) is 4.06. The predicted octanol–water partition coefficient (Wildman–Crippen LogP) is -1.79. The van der Waals surface area contributed by atoms with Crippen LogP contribution in [0, 0.1) is 0 Å². The Balaban J connectivity index is -0.0000000688. The first kappa shape index (κ1) is 24.5. The smallest absolute Gasteiger partial charge is 0.300 e. The fraction of sp³-hybridized carbons (Fsp3) is 0.625. The van der Waals surface area contributed by atoms with Crippen LogP contribution in [0.3, 0.4) is 0 Å². The number of aliphatic hydroxyl groups excluding tert-OH is 3. The van der Waals surface area contributed by atoms with Crippen molar-refractivity contribution in [2.45, 2.75) is 20.0 Å². The summed E-state index contributed by atoms with van der Waals surface area (Å²) >= 11 is 0. The van der Waals surface area contributed by atoms with E-state index in [1.807, 2.05) is 0 Å². The minimum atomic E-state index is -0.954. The standard InChI is InChI=1S/C3H8O3.2C2H4O2.CH2O2/c4-1-3(6)2-5;2*1-2(3)4;2-1-3/h3-6H,1-2H2;2*1H3,(H,3,4);1H,(H,2,3). The van der Waals surface area contributed by atoms with E-state index < -0.39 is 18.0 Å². The molecule has 0 saturated carbocycles. The molecule has 9 nitrogen and oxygen atoms in total. The van der Waals surface area contributed by atoms with Crippen LogP contribution in [-0.4, -0.2) is 68.4 Å². The number of aliphatic hydroxyl groups is 3. The van der Waals surface area contributed by atoms with Crippen molar-refractivity contribution >= 4 is 18.4 Å². The second-order valence-electron chi connectivity index (χ2n) is 2.16. The maximum absolute atomic E-state index is 9.00. The van der Waals surface area contributed by atoms with E-state index in [-0.39, 0.29) is 19.7 Å². The van der Waals surface area contributed by atoms with Gasteiger partial charge in [-0.05, 0) is 0 Å². The first-order valence-electron chi connectivity index (χ1n) is 4.06. The molecule has 0 heterocycles. The lowest BCUT2D eigenvalue weighted by molar-refractivity contribution is -0.135. The Bertz CT molecular complexity index is 156. The average molecular weight is 258 g/mol. The Morgan fingerprint density at radius 3 is 1.18 bits per heavy atom. The largest absolute Gasteiger partial charge is 0.483 e. The van der Waals surface area contributed by atoms with Crippen LogP contribution in [0.25, 0.3) is 0 Å². The molecule has 0 unspecified atom stereocenters. The van der Waals surface area contributed by atoms with Crippen LogP contribution in [0.4, 0.5) is 0 Å². The van der Waals surface area contributed by atoms with Crippen molar-refractivity contribution in [3.8, 4) is 0 Å². The Morgan fingerprint density at radius 2 is 1.18 bits per heavy atom. The van der Waals surface area contributed by atoms with Crippen LogP contribution in [0.2, 0.25) is 0 Å². The van der Waals surface area contributed by atoms with Crippen molar-refractivity contribution < 1.29 is 45.0 Å². The van der Waals surface area contributed by atoms with E-state index in [4.69, 9.17) is 45.0 Å². The van der Waals surface area contributed by atoms with Gasteiger partial charge in [0.15, 0.2) is 0 Å². The van der Waals surface area contributed by atoms with E-state index in [9.17, 15) is 0 Å². The molecule has 0 rings (SSSR count). The highest BCUT2D eigenvalue weighted by Crippen LogP contribution is 1.71. The number of hydrogen-bond donors (Lipinski definition) is 6. The van der Waals surface area contributed by atoms with Crippen molar-refractivity contribution in [2.75, 3.05) is 13.2 Å². The molecule has 0 spiro atoms. The fourth-order valence-corrected chi connectivity index (χ4v) is 0.0577. The number of aliphatic carboxylic acids is 2. The topological polar surface area (TPSA) is 173 Å². The number of carboxylic acid groups (broad SMARTS) is 3. The van der Waals surface area contributed by atoms with E-state index in [0.29, 0.717) is 0 Å². The van der Waals surface area contributed by atoms with Crippen LogP contribution < -0.4 is 0 Å². The van der Waals surface area contributed by atoms with Crippen LogP contribution in [0.5, 0.6) is 0 Å². The second-order valence-corrected chi connectivity index (χ2v) is 2.16. The Kier molecular flexibility index (Phi) is 34.3. The van der Waals surface area contributed by atoms with Gasteiger partial charge in [-0.15, -0.1) is 0 Å². The van der Waals surface area contributed by atoms with Gasteiger partial charge >= 0.3 is 0 Å². The van der Waals surface area contributed by atoms with Crippen molar-refractivity contribution in [3.05, 3.63) is 0 Å². The molecule has 6 N–H and O–H groups in total. The normalized spacial score (nSPS) is 7.18. The Hall–Kier alpha value is -1.71. The molecule has 0 bridgehead atoms. The summed E-state index contributed by atoms with van der Waals surface area (Å²) in [5.74, 6) is -1.67. The zero-order valence-corrected chi connectivity index (χ0v) is 9.48. The quantitative estimate of drug-likeness (QED) is 0.313. The highest BCUT2D eigenvalue weighted by molar-refractivity contribution is 5.63. The zero-order valence-electron chi connectivity index (χ0n) is 9.48. The molecule has 17 heavy (non-hydrogen) atoms. The summed E-state index contributed by atoms with van der Waals surface area (Å²) in [7, 11) is 0. The van der Waals surface area contributed by atoms with Crippen LogP contribution in [0.15, 0.2) is 0 Å². The van der Waals surface area contributed by atoms with Gasteiger partial charge < -0.3 is 30.6 Å². The lowest BCUT2D eigenvalue weighted by atomic mass is 10.4. The molecule has 0 amide bonds. The molecular formula is C8H18O9. The van der Waals surface area contributed by atoms with Crippen LogP contribution in [-0.2, 0) is 14.4 Å². The first-order chi connectivity index (χ1) is 7.69. The lowest BCUT2D eigenvalue weighted by Crippen LogP contribution is -2.15. The molecule has 104 valence electrons. The summed E-state index contributed by atoms with van der Waals surface area (Å²) < 4.78 is 0. The van der Waals surface area contributed by atoms with Gasteiger partial charge in [0.1, 0.15) is 6.10 Å². The van der Waals surface area contributed by atoms with E-state index >= 15 is 0 Å². The van der Waals surface area contributed by atoms with Crippen molar-refractivity contribution in [1.29, 1.82) is 0 Å². The second kappa shape index (κ2) is 23.8. The van der Waals surface area contributed by atoms with E-state index in [1.54, 1.807) is 0 Å². The molecule has 0 aromatic carbocycles. The van der Waals surface area contributed by atoms with E-state index in [0.717, 1.165) is 13.8 Å². The third-order valence-corrected chi connectivity index (χ3v) is 0.421. The third-order valence-electron chi connectivity index (χ3n) is 0.421. The average Bonchev–Trinajstić information content (AvgIpc) is 2.16. The molecular weight excluding hydrogens is 240 g/mol. The lowest BCUT2D eigenvalue weighted by Gasteiger charge is -1.96. The summed E-state index contributed by atoms with van der Waals surface area (Å²) in [6.07, 6.45) is -0.954. The molecule has 0 aliphatic heterocycles. The molecule has 9 heteroatoms. The zero-order chi connectivity index (χ0) is 14.9. The minimum Gasteiger partial charge on any atom is -0.483 e. The Morgan fingerprint density at radius 1 is 1.06 bits per heavy atom. The van der Waals surface area contributed by atoms with Gasteiger partial charge in [0.25, 0.3) is 18.4 Å². The molecule has 0 radical (unpaired) electrons.